The van der Waals surface area contributed by atoms with Crippen molar-refractivity contribution in [2.45, 2.75) is 118 Å². The maximum Gasteiger partial charge on any atom is 0.303 e. The highest BCUT2D eigenvalue weighted by Gasteiger charge is 2.24. The Balaban J connectivity index is 2.64. The molecule has 1 rings (SSSR count). The summed E-state index contributed by atoms with van der Waals surface area (Å²) < 4.78 is 5.41. The van der Waals surface area contributed by atoms with Gasteiger partial charge in [0.25, 0.3) is 0 Å². The van der Waals surface area contributed by atoms with Gasteiger partial charge in [-0.1, -0.05) is 68.9 Å². The van der Waals surface area contributed by atoms with E-state index in [0.29, 0.717) is 0 Å². The van der Waals surface area contributed by atoms with E-state index in [1.54, 1.807) is 0 Å². The van der Waals surface area contributed by atoms with E-state index in [0.717, 1.165) is 63.4 Å². The minimum atomic E-state index is -0.741. The molecule has 1 fully saturated rings. The first-order valence-electron chi connectivity index (χ1n) is 12.7. The van der Waals surface area contributed by atoms with E-state index >= 15 is 0 Å². The summed E-state index contributed by atoms with van der Waals surface area (Å²) in [6, 6.07) is 0. The lowest BCUT2D eigenvalue weighted by molar-refractivity contribution is -0.145. The Kier molecular flexibility index (Phi) is 12.1. The molecule has 0 radical (unpaired) electrons. The van der Waals surface area contributed by atoms with Gasteiger partial charge in [-0.15, -0.1) is 0 Å². The number of rotatable bonds is 12. The molecule has 0 saturated heterocycles. The summed E-state index contributed by atoms with van der Waals surface area (Å²) in [5.41, 5.74) is 4.48. The first-order valence-corrected chi connectivity index (χ1v) is 12.7. The highest BCUT2D eigenvalue weighted by Crippen LogP contribution is 2.36. The molecule has 0 aliphatic heterocycles. The van der Waals surface area contributed by atoms with Crippen LogP contribution in [-0.4, -0.2) is 22.8 Å². The fourth-order valence-electron chi connectivity index (χ4n) is 4.41. The first kappa shape index (κ1) is 29.2. The van der Waals surface area contributed by atoms with Crippen LogP contribution in [0.5, 0.6) is 0 Å². The molecule has 1 N–H and O–H groups in total. The van der Waals surface area contributed by atoms with Crippen LogP contribution in [-0.2, 0) is 9.53 Å². The van der Waals surface area contributed by atoms with Crippen molar-refractivity contribution in [3.05, 3.63) is 59.3 Å². The Morgan fingerprint density at radius 3 is 2.52 bits per heavy atom. The molecule has 1 saturated carbocycles. The number of ether oxygens (including phenoxy) is 1. The van der Waals surface area contributed by atoms with Gasteiger partial charge < -0.3 is 9.84 Å². The topological polar surface area (TPSA) is 46.5 Å². The summed E-state index contributed by atoms with van der Waals surface area (Å²) in [5, 5.41) is 9.87. The number of allylic oxidation sites excluding steroid dienone is 6. The van der Waals surface area contributed by atoms with Crippen molar-refractivity contribution < 1.29 is 14.6 Å². The minimum Gasteiger partial charge on any atom is -0.458 e. The number of carbonyl (C=O) groups is 1. The summed E-state index contributed by atoms with van der Waals surface area (Å²) in [6.45, 7) is 18.4. The fraction of sp³-hybridized carbons (Fsp3) is 0.633. The monoisotopic (exact) mass is 456 g/mol. The van der Waals surface area contributed by atoms with E-state index in [4.69, 9.17) is 4.74 Å². The molecule has 33 heavy (non-hydrogen) atoms. The maximum atomic E-state index is 11.3. The van der Waals surface area contributed by atoms with Gasteiger partial charge in [0, 0.05) is 6.92 Å². The summed E-state index contributed by atoms with van der Waals surface area (Å²) in [7, 11) is 0. The normalized spacial score (nSPS) is 20.1. The van der Waals surface area contributed by atoms with Crippen molar-refractivity contribution in [2.24, 2.45) is 5.41 Å². The maximum absolute atomic E-state index is 11.3. The second-order valence-electron chi connectivity index (χ2n) is 10.7. The van der Waals surface area contributed by atoms with Crippen LogP contribution in [0.1, 0.15) is 106 Å². The summed E-state index contributed by atoms with van der Waals surface area (Å²) in [5.74, 6) is -0.235. The van der Waals surface area contributed by atoms with E-state index in [2.05, 4.69) is 58.6 Å². The van der Waals surface area contributed by atoms with Gasteiger partial charge in [0.2, 0.25) is 0 Å². The van der Waals surface area contributed by atoms with Crippen molar-refractivity contribution in [2.75, 3.05) is 0 Å². The lowest BCUT2D eigenvalue weighted by Crippen LogP contribution is -2.23. The molecule has 186 valence electrons. The average molecular weight is 457 g/mol. The summed E-state index contributed by atoms with van der Waals surface area (Å²) in [6.07, 6.45) is 19.9. The molecule has 0 spiro atoms. The first-order chi connectivity index (χ1) is 15.4. The quantitative estimate of drug-likeness (QED) is 0.238. The predicted octanol–water partition coefficient (Wildman–Crippen LogP) is 8.17. The Morgan fingerprint density at radius 2 is 1.91 bits per heavy atom. The van der Waals surface area contributed by atoms with Crippen LogP contribution < -0.4 is 0 Å². The van der Waals surface area contributed by atoms with E-state index in [9.17, 15) is 9.90 Å². The van der Waals surface area contributed by atoms with Gasteiger partial charge in [0.15, 0.2) is 0 Å². The predicted molar refractivity (Wildman–Crippen MR) is 141 cm³/mol. The molecule has 1 atom stereocenters. The highest BCUT2D eigenvalue weighted by atomic mass is 16.5. The van der Waals surface area contributed by atoms with E-state index < -0.39 is 5.60 Å². The Morgan fingerprint density at radius 1 is 1.21 bits per heavy atom. The Labute approximate surface area is 203 Å². The molecule has 1 aliphatic rings. The van der Waals surface area contributed by atoms with Crippen LogP contribution in [0.25, 0.3) is 0 Å². The molecule has 0 aromatic heterocycles. The number of hydrogen-bond donors (Lipinski definition) is 1. The second-order valence-corrected chi connectivity index (χ2v) is 10.7. The molecule has 0 bridgehead atoms. The third kappa shape index (κ3) is 11.7. The fourth-order valence-corrected chi connectivity index (χ4v) is 4.41. The zero-order chi connectivity index (χ0) is 25.1. The third-order valence-electron chi connectivity index (χ3n) is 6.39. The van der Waals surface area contributed by atoms with Crippen LogP contribution in [0.3, 0.4) is 0 Å². The standard InChI is InChI=1S/C30H48O3/c1-9-14-27(17-10-11-22-30(7,8)32)29(5,6)21-13-15-23(2)19-20-26-16-12-18-28(24(26)3)33-25(4)31/h11,14,19-20,22,28,32H,3,9-10,12-13,15-18,21H2,1-2,4-8H3/b22-11+,23-19-,26-20-,27-14-/t28-/m0/s1. The Hall–Kier alpha value is -1.87. The molecular formula is C30H48O3. The van der Waals surface area contributed by atoms with Gasteiger partial charge in [-0.3, -0.25) is 4.79 Å². The van der Waals surface area contributed by atoms with Crippen molar-refractivity contribution in [1.29, 1.82) is 0 Å². The van der Waals surface area contributed by atoms with E-state index in [1.807, 2.05) is 19.9 Å². The average Bonchev–Trinajstić information content (AvgIpc) is 2.69. The smallest absolute Gasteiger partial charge is 0.303 e. The molecule has 1 aliphatic carbocycles. The van der Waals surface area contributed by atoms with Gasteiger partial charge in [0.05, 0.1) is 5.60 Å². The van der Waals surface area contributed by atoms with E-state index in [1.165, 1.54) is 23.6 Å². The largest absolute Gasteiger partial charge is 0.458 e. The van der Waals surface area contributed by atoms with E-state index in [-0.39, 0.29) is 17.5 Å². The number of aliphatic hydroxyl groups is 1. The van der Waals surface area contributed by atoms with Crippen LogP contribution >= 0.6 is 0 Å². The molecule has 3 nitrogen and oxygen atoms in total. The molecule has 0 unspecified atom stereocenters. The van der Waals surface area contributed by atoms with Gasteiger partial charge in [-0.05, 0) is 95.1 Å². The summed E-state index contributed by atoms with van der Waals surface area (Å²) >= 11 is 0. The van der Waals surface area contributed by atoms with Crippen LogP contribution in [0.4, 0.5) is 0 Å². The number of hydrogen-bond acceptors (Lipinski definition) is 3. The molecule has 3 heteroatoms. The molecule has 0 heterocycles. The number of carbonyl (C=O) groups excluding carboxylic acids is 1. The number of esters is 1. The Bertz CT molecular complexity index is 769. The van der Waals surface area contributed by atoms with Crippen LogP contribution in [0.2, 0.25) is 0 Å². The zero-order valence-corrected chi connectivity index (χ0v) is 22.3. The molecule has 0 amide bonds. The van der Waals surface area contributed by atoms with Gasteiger partial charge >= 0.3 is 5.97 Å². The minimum absolute atomic E-state index is 0.168. The summed E-state index contributed by atoms with van der Waals surface area (Å²) in [4.78, 5) is 11.3. The highest BCUT2D eigenvalue weighted by molar-refractivity contribution is 5.66. The van der Waals surface area contributed by atoms with Gasteiger partial charge in [-0.2, -0.15) is 0 Å². The van der Waals surface area contributed by atoms with Crippen LogP contribution in [0, 0.1) is 5.41 Å². The third-order valence-corrected chi connectivity index (χ3v) is 6.39. The molecule has 0 aromatic carbocycles. The second kappa shape index (κ2) is 13.7. The van der Waals surface area contributed by atoms with Crippen LogP contribution in [0.15, 0.2) is 59.3 Å². The van der Waals surface area contributed by atoms with Gasteiger partial charge in [0.1, 0.15) is 6.10 Å². The molecule has 0 aromatic rings. The van der Waals surface area contributed by atoms with Crippen molar-refractivity contribution in [3.63, 3.8) is 0 Å². The van der Waals surface area contributed by atoms with Crippen molar-refractivity contribution in [3.8, 4) is 0 Å². The van der Waals surface area contributed by atoms with Gasteiger partial charge in [-0.25, -0.2) is 0 Å². The SMILES string of the molecule is C=C1/C(=C\C=C(\C)CCCC(C)(C)/C(=C\CC)CC/C=C/C(C)(C)O)CCC[C@@H]1OC(C)=O. The lowest BCUT2D eigenvalue weighted by Gasteiger charge is -2.29. The van der Waals surface area contributed by atoms with Crippen molar-refractivity contribution in [1.82, 2.24) is 0 Å². The molecular weight excluding hydrogens is 408 g/mol. The lowest BCUT2D eigenvalue weighted by atomic mass is 9.77. The van der Waals surface area contributed by atoms with Crippen molar-refractivity contribution >= 4 is 5.97 Å². The zero-order valence-electron chi connectivity index (χ0n) is 22.3.